The number of rotatable bonds is 2. The lowest BCUT2D eigenvalue weighted by Gasteiger charge is -1.96. The second-order valence-corrected chi connectivity index (χ2v) is 3.62. The summed E-state index contributed by atoms with van der Waals surface area (Å²) in [6.07, 6.45) is 1.66. The van der Waals surface area contributed by atoms with Crippen molar-refractivity contribution >= 4 is 11.9 Å². The van der Waals surface area contributed by atoms with Gasteiger partial charge in [0.2, 0.25) is 0 Å². The highest BCUT2D eigenvalue weighted by Gasteiger charge is 1.96. The zero-order valence-electron chi connectivity index (χ0n) is 9.02. The van der Waals surface area contributed by atoms with Crippen LogP contribution in [0.4, 0.5) is 10.1 Å². The van der Waals surface area contributed by atoms with Gasteiger partial charge in [0.05, 0.1) is 5.69 Å². The molecule has 16 heavy (non-hydrogen) atoms. The molecule has 0 fully saturated rings. The maximum absolute atomic E-state index is 13.2. The Labute approximate surface area is 94.3 Å². The molecule has 0 amide bonds. The van der Waals surface area contributed by atoms with Crippen LogP contribution in [0.15, 0.2) is 53.5 Å². The average molecular weight is 213 g/mol. The third-order valence-electron chi connectivity index (χ3n) is 2.28. The van der Waals surface area contributed by atoms with Crippen LogP contribution in [-0.4, -0.2) is 6.21 Å². The molecule has 0 atom stereocenters. The molecule has 2 heteroatoms. The van der Waals surface area contributed by atoms with Gasteiger partial charge in [-0.05, 0) is 24.6 Å². The van der Waals surface area contributed by atoms with Gasteiger partial charge in [-0.25, -0.2) is 4.39 Å². The molecule has 0 bridgehead atoms. The third kappa shape index (κ3) is 2.54. The third-order valence-corrected chi connectivity index (χ3v) is 2.28. The van der Waals surface area contributed by atoms with Crippen molar-refractivity contribution in [3.8, 4) is 0 Å². The van der Waals surface area contributed by atoms with E-state index in [0.29, 0.717) is 5.69 Å². The first-order valence-electron chi connectivity index (χ1n) is 5.11. The molecule has 0 saturated heterocycles. The maximum Gasteiger partial charge on any atom is 0.148 e. The van der Waals surface area contributed by atoms with Crippen molar-refractivity contribution < 1.29 is 4.39 Å². The van der Waals surface area contributed by atoms with Crippen molar-refractivity contribution in [2.45, 2.75) is 6.92 Å². The Morgan fingerprint density at radius 3 is 2.38 bits per heavy atom. The minimum absolute atomic E-state index is 0.300. The number of halogens is 1. The highest BCUT2D eigenvalue weighted by atomic mass is 19.1. The highest BCUT2D eigenvalue weighted by Crippen LogP contribution is 2.16. The van der Waals surface area contributed by atoms with Crippen molar-refractivity contribution in [3.63, 3.8) is 0 Å². The number of nitrogens with zero attached hydrogens (tertiary/aromatic N) is 1. The molecule has 0 heterocycles. The summed E-state index contributed by atoms with van der Waals surface area (Å²) >= 11 is 0. The maximum atomic E-state index is 13.2. The van der Waals surface area contributed by atoms with Crippen LogP contribution in [0, 0.1) is 12.7 Å². The van der Waals surface area contributed by atoms with Gasteiger partial charge in [0.15, 0.2) is 0 Å². The Balaban J connectivity index is 2.21. The van der Waals surface area contributed by atoms with Gasteiger partial charge in [-0.1, -0.05) is 42.0 Å². The lowest BCUT2D eigenvalue weighted by molar-refractivity contribution is 0.630. The first-order valence-corrected chi connectivity index (χ1v) is 5.11. The van der Waals surface area contributed by atoms with E-state index in [1.807, 2.05) is 31.2 Å². The molecule has 80 valence electrons. The predicted molar refractivity (Wildman–Crippen MR) is 64.8 cm³/mol. The van der Waals surface area contributed by atoms with E-state index < -0.39 is 0 Å². The van der Waals surface area contributed by atoms with Crippen molar-refractivity contribution in [3.05, 3.63) is 65.5 Å². The summed E-state index contributed by atoms with van der Waals surface area (Å²) in [5.41, 5.74) is 2.53. The Bertz CT molecular complexity index is 500. The molecule has 0 aliphatic heterocycles. The predicted octanol–water partition coefficient (Wildman–Crippen LogP) is 3.88. The van der Waals surface area contributed by atoms with Crippen LogP contribution in [0.1, 0.15) is 11.1 Å². The number of hydrogen-bond donors (Lipinski definition) is 0. The van der Waals surface area contributed by atoms with E-state index in [0.717, 1.165) is 5.56 Å². The van der Waals surface area contributed by atoms with Crippen molar-refractivity contribution in [2.75, 3.05) is 0 Å². The van der Waals surface area contributed by atoms with E-state index in [-0.39, 0.29) is 5.82 Å². The summed E-state index contributed by atoms with van der Waals surface area (Å²) in [5, 5.41) is 0. The second kappa shape index (κ2) is 4.71. The van der Waals surface area contributed by atoms with E-state index in [2.05, 4.69) is 4.99 Å². The topological polar surface area (TPSA) is 12.4 Å². The van der Waals surface area contributed by atoms with E-state index in [4.69, 9.17) is 0 Å². The number of hydrogen-bond acceptors (Lipinski definition) is 1. The molecule has 0 N–H and O–H groups in total. The van der Waals surface area contributed by atoms with Crippen molar-refractivity contribution in [1.82, 2.24) is 0 Å². The smallest absolute Gasteiger partial charge is 0.148 e. The number of benzene rings is 2. The summed E-state index contributed by atoms with van der Waals surface area (Å²) in [4.78, 5) is 4.11. The van der Waals surface area contributed by atoms with Crippen LogP contribution in [0.5, 0.6) is 0 Å². The van der Waals surface area contributed by atoms with E-state index in [1.165, 1.54) is 11.6 Å². The molecule has 2 rings (SSSR count). The van der Waals surface area contributed by atoms with Crippen LogP contribution in [0.3, 0.4) is 0 Å². The normalized spacial score (nSPS) is 10.9. The summed E-state index contributed by atoms with van der Waals surface area (Å²) in [6, 6.07) is 14.4. The molecular weight excluding hydrogens is 201 g/mol. The first kappa shape index (κ1) is 10.6. The molecule has 2 aromatic rings. The molecule has 0 saturated carbocycles. The zero-order valence-corrected chi connectivity index (χ0v) is 9.02. The number of aryl methyl sites for hydroxylation is 1. The molecule has 0 aromatic heterocycles. The molecule has 1 nitrogen and oxygen atoms in total. The summed E-state index contributed by atoms with van der Waals surface area (Å²) in [6.45, 7) is 2.03. The standard InChI is InChI=1S/C14H12FN/c1-11-6-8-12(9-7-11)10-16-14-5-3-2-4-13(14)15/h2-10H,1H3. The first-order chi connectivity index (χ1) is 7.75. The van der Waals surface area contributed by atoms with Gasteiger partial charge in [0.25, 0.3) is 0 Å². The lowest BCUT2D eigenvalue weighted by Crippen LogP contribution is -1.81. The van der Waals surface area contributed by atoms with Crippen LogP contribution < -0.4 is 0 Å². The minimum atomic E-state index is -0.300. The Morgan fingerprint density at radius 2 is 1.69 bits per heavy atom. The zero-order chi connectivity index (χ0) is 11.4. The molecule has 0 spiro atoms. The van der Waals surface area contributed by atoms with E-state index in [9.17, 15) is 4.39 Å². The van der Waals surface area contributed by atoms with E-state index >= 15 is 0 Å². The quantitative estimate of drug-likeness (QED) is 0.671. The van der Waals surface area contributed by atoms with Gasteiger partial charge in [0, 0.05) is 6.21 Å². The van der Waals surface area contributed by atoms with Crippen LogP contribution in [0.25, 0.3) is 0 Å². The average Bonchev–Trinajstić information content (AvgIpc) is 2.30. The van der Waals surface area contributed by atoms with Crippen LogP contribution in [0.2, 0.25) is 0 Å². The number of para-hydroxylation sites is 1. The Hall–Kier alpha value is -1.96. The van der Waals surface area contributed by atoms with Gasteiger partial charge in [-0.15, -0.1) is 0 Å². The molecule has 2 aromatic carbocycles. The molecule has 0 radical (unpaired) electrons. The summed E-state index contributed by atoms with van der Waals surface area (Å²) in [5.74, 6) is -0.300. The molecule has 0 aliphatic rings. The second-order valence-electron chi connectivity index (χ2n) is 3.62. The highest BCUT2D eigenvalue weighted by molar-refractivity contribution is 5.81. The molecular formula is C14H12FN. The van der Waals surface area contributed by atoms with Gasteiger partial charge >= 0.3 is 0 Å². The van der Waals surface area contributed by atoms with Crippen LogP contribution in [-0.2, 0) is 0 Å². The fourth-order valence-corrected chi connectivity index (χ4v) is 1.35. The van der Waals surface area contributed by atoms with Crippen molar-refractivity contribution in [2.24, 2.45) is 4.99 Å². The molecule has 0 aliphatic carbocycles. The monoisotopic (exact) mass is 213 g/mol. The Kier molecular flexibility index (Phi) is 3.10. The van der Waals surface area contributed by atoms with Gasteiger partial charge in [0.1, 0.15) is 5.82 Å². The molecule has 0 unspecified atom stereocenters. The fourth-order valence-electron chi connectivity index (χ4n) is 1.35. The van der Waals surface area contributed by atoms with Gasteiger partial charge in [-0.2, -0.15) is 0 Å². The van der Waals surface area contributed by atoms with Crippen LogP contribution >= 0.6 is 0 Å². The minimum Gasteiger partial charge on any atom is -0.253 e. The van der Waals surface area contributed by atoms with E-state index in [1.54, 1.807) is 24.4 Å². The van der Waals surface area contributed by atoms with Gasteiger partial charge in [-0.3, -0.25) is 4.99 Å². The van der Waals surface area contributed by atoms with Crippen molar-refractivity contribution in [1.29, 1.82) is 0 Å². The number of aliphatic imine (C=N–C) groups is 1. The summed E-state index contributed by atoms with van der Waals surface area (Å²) in [7, 11) is 0. The van der Waals surface area contributed by atoms with Gasteiger partial charge < -0.3 is 0 Å². The largest absolute Gasteiger partial charge is 0.253 e. The lowest BCUT2D eigenvalue weighted by atomic mass is 10.2. The Morgan fingerprint density at radius 1 is 1.00 bits per heavy atom. The SMILES string of the molecule is Cc1ccc(C=Nc2ccccc2F)cc1. The fraction of sp³-hybridized carbons (Fsp3) is 0.0714. The summed E-state index contributed by atoms with van der Waals surface area (Å²) < 4.78 is 13.2.